The van der Waals surface area contributed by atoms with Crippen LogP contribution in [0.25, 0.3) is 0 Å². The highest BCUT2D eigenvalue weighted by Gasteiger charge is 2.76. The fourth-order valence-corrected chi connectivity index (χ4v) is 6.61. The van der Waals surface area contributed by atoms with E-state index in [9.17, 15) is 19.5 Å². The quantitative estimate of drug-likeness (QED) is 0.475. The third-order valence-corrected chi connectivity index (χ3v) is 8.06. The molecule has 3 fully saturated rings. The first-order valence-corrected chi connectivity index (χ1v) is 12.5. The summed E-state index contributed by atoms with van der Waals surface area (Å²) >= 11 is 3.65. The summed E-state index contributed by atoms with van der Waals surface area (Å²) in [5, 5.41) is 15.8. The van der Waals surface area contributed by atoms with E-state index in [1.165, 1.54) is 4.90 Å². The van der Waals surface area contributed by atoms with E-state index in [0.717, 1.165) is 17.5 Å². The van der Waals surface area contributed by atoms with E-state index in [1.54, 1.807) is 6.92 Å². The van der Waals surface area contributed by atoms with Crippen molar-refractivity contribution in [1.82, 2.24) is 10.2 Å². The van der Waals surface area contributed by atoms with Crippen molar-refractivity contribution in [3.05, 3.63) is 29.3 Å². The van der Waals surface area contributed by atoms with Gasteiger partial charge in [0, 0.05) is 17.1 Å². The standard InChI is InChI=1S/C24H32BrN3O5/c1-5-8-26-21(30)17-18-23(32)28(14(4)11-29)20(24(18)10-15(25)19(17)33-24)22(31)27-16-9-12(2)6-7-13(16)3/h6-7,9,14-15,17-20,29H,5,8,10-11H2,1-4H3,(H,26,30)(H,27,31)/t14-,15?,17-,18+,19-,20?,24?/m1/s1. The van der Waals surface area contributed by atoms with Crippen LogP contribution in [0.4, 0.5) is 5.69 Å². The van der Waals surface area contributed by atoms with E-state index >= 15 is 0 Å². The molecule has 2 bridgehead atoms. The van der Waals surface area contributed by atoms with Gasteiger partial charge < -0.3 is 25.4 Å². The maximum atomic E-state index is 13.8. The summed E-state index contributed by atoms with van der Waals surface area (Å²) in [4.78, 5) is 41.8. The minimum atomic E-state index is -1.13. The molecule has 0 aliphatic carbocycles. The number of ether oxygens (including phenoxy) is 1. The van der Waals surface area contributed by atoms with Crippen molar-refractivity contribution in [2.24, 2.45) is 11.8 Å². The molecule has 3 N–H and O–H groups in total. The Morgan fingerprint density at radius 3 is 2.73 bits per heavy atom. The Morgan fingerprint density at radius 2 is 2.06 bits per heavy atom. The Morgan fingerprint density at radius 1 is 1.33 bits per heavy atom. The number of likely N-dealkylation sites (tertiary alicyclic amines) is 1. The number of aliphatic hydroxyl groups is 1. The largest absolute Gasteiger partial charge is 0.394 e. The Hall–Kier alpha value is -1.97. The van der Waals surface area contributed by atoms with Gasteiger partial charge in [0.2, 0.25) is 17.7 Å². The summed E-state index contributed by atoms with van der Waals surface area (Å²) < 4.78 is 6.42. The highest BCUT2D eigenvalue weighted by molar-refractivity contribution is 9.09. The van der Waals surface area contributed by atoms with Gasteiger partial charge in [-0.15, -0.1) is 0 Å². The number of hydrogen-bond acceptors (Lipinski definition) is 5. The number of amides is 3. The molecule has 0 aromatic heterocycles. The molecule has 1 spiro atoms. The third-order valence-electron chi connectivity index (χ3n) is 7.22. The fourth-order valence-electron chi connectivity index (χ4n) is 5.67. The van der Waals surface area contributed by atoms with Gasteiger partial charge in [-0.3, -0.25) is 14.4 Å². The molecule has 7 atom stereocenters. The molecule has 8 nitrogen and oxygen atoms in total. The van der Waals surface area contributed by atoms with Crippen LogP contribution in [0, 0.1) is 25.7 Å². The van der Waals surface area contributed by atoms with Gasteiger partial charge in [0.05, 0.1) is 30.6 Å². The SMILES string of the molecule is CCCNC(=O)[C@H]1[C@@H]2OC3(CC2Br)C(C(=O)Nc2cc(C)ccc2C)N([C@H](C)CO)C(=O)[C@H]13. The average Bonchev–Trinajstić information content (AvgIpc) is 3.37. The molecular formula is C24H32BrN3O5. The van der Waals surface area contributed by atoms with Crippen molar-refractivity contribution >= 4 is 39.3 Å². The van der Waals surface area contributed by atoms with Gasteiger partial charge in [-0.2, -0.15) is 0 Å². The molecule has 3 saturated heterocycles. The molecule has 0 saturated carbocycles. The van der Waals surface area contributed by atoms with Crippen molar-refractivity contribution in [3.8, 4) is 0 Å². The summed E-state index contributed by atoms with van der Waals surface area (Å²) in [5.41, 5.74) is 1.45. The fraction of sp³-hybridized carbons (Fsp3) is 0.625. The highest BCUT2D eigenvalue weighted by atomic mass is 79.9. The second-order valence-corrected chi connectivity index (χ2v) is 10.7. The van der Waals surface area contributed by atoms with Crippen molar-refractivity contribution in [3.63, 3.8) is 0 Å². The van der Waals surface area contributed by atoms with E-state index < -0.39 is 35.6 Å². The van der Waals surface area contributed by atoms with Crippen LogP contribution in [-0.2, 0) is 19.1 Å². The van der Waals surface area contributed by atoms with Crippen LogP contribution in [0.1, 0.15) is 37.8 Å². The van der Waals surface area contributed by atoms with Gasteiger partial charge in [-0.1, -0.05) is 35.0 Å². The van der Waals surface area contributed by atoms with Gasteiger partial charge in [-0.25, -0.2) is 0 Å². The van der Waals surface area contributed by atoms with E-state index in [-0.39, 0.29) is 29.2 Å². The smallest absolute Gasteiger partial charge is 0.250 e. The minimum absolute atomic E-state index is 0.153. The number of nitrogens with zero attached hydrogens (tertiary/aromatic N) is 1. The van der Waals surface area contributed by atoms with Crippen LogP contribution in [-0.4, -0.2) is 69.5 Å². The van der Waals surface area contributed by atoms with E-state index in [2.05, 4.69) is 26.6 Å². The lowest BCUT2D eigenvalue weighted by Crippen LogP contribution is -2.56. The maximum absolute atomic E-state index is 13.8. The molecule has 4 rings (SSSR count). The number of rotatable bonds is 7. The van der Waals surface area contributed by atoms with Crippen LogP contribution in [0.5, 0.6) is 0 Å². The number of carbonyl (C=O) groups excluding carboxylic acids is 3. The molecule has 9 heteroatoms. The van der Waals surface area contributed by atoms with Crippen LogP contribution in [0.3, 0.4) is 0 Å². The topological polar surface area (TPSA) is 108 Å². The molecule has 3 aliphatic rings. The zero-order valence-electron chi connectivity index (χ0n) is 19.4. The summed E-state index contributed by atoms with van der Waals surface area (Å²) in [5.74, 6) is -2.35. The number of benzene rings is 1. The molecular weight excluding hydrogens is 490 g/mol. The number of carbonyl (C=O) groups is 3. The van der Waals surface area contributed by atoms with Crippen LogP contribution in [0.15, 0.2) is 18.2 Å². The Kier molecular flexibility index (Phi) is 6.59. The van der Waals surface area contributed by atoms with Gasteiger partial charge in [0.15, 0.2) is 0 Å². The lowest BCUT2D eigenvalue weighted by molar-refractivity contribution is -0.143. The molecule has 0 radical (unpaired) electrons. The molecule has 3 amide bonds. The predicted molar refractivity (Wildman–Crippen MR) is 127 cm³/mol. The van der Waals surface area contributed by atoms with E-state index in [1.807, 2.05) is 39.0 Å². The number of hydrogen-bond donors (Lipinski definition) is 3. The maximum Gasteiger partial charge on any atom is 0.250 e. The number of nitrogens with one attached hydrogen (secondary N) is 2. The monoisotopic (exact) mass is 521 g/mol. The summed E-state index contributed by atoms with van der Waals surface area (Å²) in [6.07, 6.45) is 0.726. The molecule has 33 heavy (non-hydrogen) atoms. The minimum Gasteiger partial charge on any atom is -0.394 e. The Labute approximate surface area is 202 Å². The van der Waals surface area contributed by atoms with E-state index in [0.29, 0.717) is 18.7 Å². The van der Waals surface area contributed by atoms with Crippen LogP contribution < -0.4 is 10.6 Å². The summed E-state index contributed by atoms with van der Waals surface area (Å²) in [6, 6.07) is 4.24. The van der Waals surface area contributed by atoms with Gasteiger partial charge in [0.1, 0.15) is 11.6 Å². The zero-order chi connectivity index (χ0) is 24.1. The Balaban J connectivity index is 1.74. The number of aryl methyl sites for hydroxylation is 2. The zero-order valence-corrected chi connectivity index (χ0v) is 21.0. The molecule has 180 valence electrons. The first kappa shape index (κ1) is 24.2. The normalized spacial score (nSPS) is 33.2. The number of anilines is 1. The van der Waals surface area contributed by atoms with Crippen LogP contribution in [0.2, 0.25) is 0 Å². The average molecular weight is 522 g/mol. The highest BCUT2D eigenvalue weighted by Crippen LogP contribution is 2.60. The molecule has 1 aromatic rings. The van der Waals surface area contributed by atoms with Gasteiger partial charge >= 0.3 is 0 Å². The second-order valence-electron chi connectivity index (χ2n) is 9.54. The van der Waals surface area contributed by atoms with Crippen molar-refractivity contribution in [2.75, 3.05) is 18.5 Å². The van der Waals surface area contributed by atoms with E-state index in [4.69, 9.17) is 4.74 Å². The van der Waals surface area contributed by atoms with Crippen LogP contribution >= 0.6 is 15.9 Å². The van der Waals surface area contributed by atoms with Gasteiger partial charge in [0.25, 0.3) is 0 Å². The predicted octanol–water partition coefficient (Wildman–Crippen LogP) is 1.90. The molecule has 1 aromatic carbocycles. The van der Waals surface area contributed by atoms with Crippen molar-refractivity contribution < 1.29 is 24.2 Å². The lowest BCUT2D eigenvalue weighted by Gasteiger charge is -2.35. The summed E-state index contributed by atoms with van der Waals surface area (Å²) in [7, 11) is 0. The molecule has 3 aliphatic heterocycles. The summed E-state index contributed by atoms with van der Waals surface area (Å²) in [6.45, 7) is 7.74. The van der Waals surface area contributed by atoms with Gasteiger partial charge in [-0.05, 0) is 50.8 Å². The first-order chi connectivity index (χ1) is 15.7. The van der Waals surface area contributed by atoms with Crippen molar-refractivity contribution in [2.45, 2.75) is 69.2 Å². The number of aliphatic hydroxyl groups excluding tert-OH is 1. The van der Waals surface area contributed by atoms with Crippen molar-refractivity contribution in [1.29, 1.82) is 0 Å². The third kappa shape index (κ3) is 3.78. The molecule has 3 unspecified atom stereocenters. The molecule has 3 heterocycles. The lowest BCUT2D eigenvalue weighted by atomic mass is 9.70. The number of halogens is 1. The number of alkyl halides is 1. The second kappa shape index (κ2) is 9.00. The first-order valence-electron chi connectivity index (χ1n) is 11.6. The Bertz CT molecular complexity index is 971. The number of fused-ring (bicyclic) bond motifs is 1.